The largest absolute Gasteiger partial charge is 0.383 e. The predicted octanol–water partition coefficient (Wildman–Crippen LogP) is 0.491. The fourth-order valence-electron chi connectivity index (χ4n) is 2.97. The maximum absolute atomic E-state index is 5.11. The maximum Gasteiger partial charge on any atom is 0.191 e. The summed E-state index contributed by atoms with van der Waals surface area (Å²) in [5.41, 5.74) is 0. The molecule has 0 radical (unpaired) electrons. The molecule has 27 heavy (non-hydrogen) atoms. The Bertz CT molecular complexity index is 567. The summed E-state index contributed by atoms with van der Waals surface area (Å²) in [7, 11) is 7.31. The topological polar surface area (TPSA) is 88.8 Å². The van der Waals surface area contributed by atoms with Crippen LogP contribution < -0.4 is 10.6 Å². The van der Waals surface area contributed by atoms with Crippen LogP contribution in [0.15, 0.2) is 4.99 Å². The first-order valence-electron chi connectivity index (χ1n) is 9.22. The van der Waals surface area contributed by atoms with E-state index in [0.717, 1.165) is 69.7 Å². The van der Waals surface area contributed by atoms with Crippen LogP contribution in [0.5, 0.6) is 0 Å². The van der Waals surface area contributed by atoms with Gasteiger partial charge in [0.2, 0.25) is 0 Å². The van der Waals surface area contributed by atoms with Crippen LogP contribution in [0.3, 0.4) is 0 Å². The van der Waals surface area contributed by atoms with E-state index >= 15 is 0 Å². The molecule has 0 fully saturated rings. The zero-order valence-corrected chi connectivity index (χ0v) is 19.2. The summed E-state index contributed by atoms with van der Waals surface area (Å²) >= 11 is 0. The minimum Gasteiger partial charge on any atom is -0.383 e. The van der Waals surface area contributed by atoms with Crippen LogP contribution in [0.4, 0.5) is 0 Å². The van der Waals surface area contributed by atoms with Crippen molar-refractivity contribution in [1.29, 1.82) is 0 Å². The summed E-state index contributed by atoms with van der Waals surface area (Å²) in [5, 5.41) is 11.4. The second-order valence-electron chi connectivity index (χ2n) is 6.59. The molecule has 0 aromatic carbocycles. The van der Waals surface area contributed by atoms with Crippen LogP contribution in [0.1, 0.15) is 24.5 Å². The van der Waals surface area contributed by atoms with Crippen molar-refractivity contribution in [3.05, 3.63) is 11.6 Å². The molecule has 0 saturated heterocycles. The molecule has 0 amide bonds. The average molecular weight is 495 g/mol. The van der Waals surface area contributed by atoms with Crippen molar-refractivity contribution in [3.8, 4) is 0 Å². The Hall–Kier alpha value is -0.980. The highest BCUT2D eigenvalue weighted by molar-refractivity contribution is 14.0. The van der Waals surface area contributed by atoms with E-state index in [0.29, 0.717) is 12.6 Å². The smallest absolute Gasteiger partial charge is 0.191 e. The van der Waals surface area contributed by atoms with Gasteiger partial charge in [0.1, 0.15) is 12.4 Å². The van der Waals surface area contributed by atoms with Gasteiger partial charge in [-0.3, -0.25) is 4.99 Å². The van der Waals surface area contributed by atoms with Gasteiger partial charge in [-0.15, -0.1) is 24.0 Å². The van der Waals surface area contributed by atoms with Crippen molar-refractivity contribution in [1.82, 2.24) is 30.3 Å². The molecule has 0 bridgehead atoms. The SMILES string of the molecule is CN=C(NCCCN(C)CCOC)NC1CCc2nc(COC)nn2C1.I. The number of guanidine groups is 1. The van der Waals surface area contributed by atoms with Crippen LogP contribution in [-0.2, 0) is 29.0 Å². The molecular formula is C17H34IN7O2. The Kier molecular flexibility index (Phi) is 11.8. The van der Waals surface area contributed by atoms with Crippen LogP contribution in [0.2, 0.25) is 0 Å². The van der Waals surface area contributed by atoms with Crippen LogP contribution >= 0.6 is 24.0 Å². The third-order valence-electron chi connectivity index (χ3n) is 4.43. The molecule has 0 aliphatic carbocycles. The van der Waals surface area contributed by atoms with E-state index < -0.39 is 0 Å². The molecule has 1 aromatic rings. The quantitative estimate of drug-likeness (QED) is 0.212. The lowest BCUT2D eigenvalue weighted by atomic mass is 10.1. The van der Waals surface area contributed by atoms with Crippen molar-refractivity contribution in [2.75, 3.05) is 54.6 Å². The van der Waals surface area contributed by atoms with E-state index in [1.165, 1.54) is 0 Å². The summed E-state index contributed by atoms with van der Waals surface area (Å²) in [5.74, 6) is 2.63. The van der Waals surface area contributed by atoms with Crippen molar-refractivity contribution in [2.24, 2.45) is 4.99 Å². The van der Waals surface area contributed by atoms with E-state index in [2.05, 4.69) is 37.7 Å². The molecule has 1 aliphatic heterocycles. The van der Waals surface area contributed by atoms with Gasteiger partial charge in [-0.05, 0) is 26.4 Å². The van der Waals surface area contributed by atoms with E-state index in [9.17, 15) is 0 Å². The number of halogens is 1. The number of hydrogen-bond acceptors (Lipinski definition) is 6. The number of rotatable bonds is 10. The molecule has 0 spiro atoms. The summed E-state index contributed by atoms with van der Waals surface area (Å²) < 4.78 is 12.2. The van der Waals surface area contributed by atoms with E-state index in [1.807, 2.05) is 4.68 Å². The molecule has 156 valence electrons. The molecule has 10 heteroatoms. The second-order valence-corrected chi connectivity index (χ2v) is 6.59. The summed E-state index contributed by atoms with van der Waals surface area (Å²) in [6.07, 6.45) is 2.99. The van der Waals surface area contributed by atoms with Gasteiger partial charge < -0.3 is 25.0 Å². The zero-order chi connectivity index (χ0) is 18.8. The maximum atomic E-state index is 5.11. The first-order chi connectivity index (χ1) is 12.7. The normalized spacial score (nSPS) is 16.8. The van der Waals surface area contributed by atoms with Gasteiger partial charge in [0.05, 0.1) is 13.2 Å². The van der Waals surface area contributed by atoms with Gasteiger partial charge in [0.15, 0.2) is 11.8 Å². The lowest BCUT2D eigenvalue weighted by Gasteiger charge is -2.25. The van der Waals surface area contributed by atoms with Gasteiger partial charge in [-0.1, -0.05) is 0 Å². The van der Waals surface area contributed by atoms with Crippen molar-refractivity contribution in [2.45, 2.75) is 38.5 Å². The van der Waals surface area contributed by atoms with Gasteiger partial charge in [0.25, 0.3) is 0 Å². The molecule has 2 rings (SSSR count). The standard InChI is InChI=1S/C17H33N7O2.HI/c1-18-17(19-8-5-9-23(2)10-11-25-3)20-14-6-7-16-21-15(13-26-4)22-24(16)12-14;/h14H,5-13H2,1-4H3,(H2,18,19,20);1H. The monoisotopic (exact) mass is 495 g/mol. The molecule has 1 unspecified atom stereocenters. The number of aromatic nitrogens is 3. The summed E-state index contributed by atoms with van der Waals surface area (Å²) in [4.78, 5) is 11.1. The molecule has 1 aromatic heterocycles. The Labute approximate surface area is 179 Å². The summed E-state index contributed by atoms with van der Waals surface area (Å²) in [6.45, 7) is 4.90. The Morgan fingerprint density at radius 1 is 1.33 bits per heavy atom. The Morgan fingerprint density at radius 3 is 2.85 bits per heavy atom. The van der Waals surface area contributed by atoms with Gasteiger partial charge in [-0.2, -0.15) is 5.10 Å². The second kappa shape index (κ2) is 13.2. The van der Waals surface area contributed by atoms with Crippen LogP contribution in [0.25, 0.3) is 0 Å². The number of likely N-dealkylation sites (N-methyl/N-ethyl adjacent to an activating group) is 1. The number of hydrogen-bond donors (Lipinski definition) is 2. The molecule has 2 heterocycles. The molecule has 1 aliphatic rings. The molecule has 0 saturated carbocycles. The minimum atomic E-state index is 0. The van der Waals surface area contributed by atoms with E-state index in [-0.39, 0.29) is 24.0 Å². The van der Waals surface area contributed by atoms with Gasteiger partial charge in [-0.25, -0.2) is 9.67 Å². The fraction of sp³-hybridized carbons (Fsp3) is 0.824. The van der Waals surface area contributed by atoms with E-state index in [1.54, 1.807) is 21.3 Å². The highest BCUT2D eigenvalue weighted by Gasteiger charge is 2.22. The number of fused-ring (bicyclic) bond motifs is 1. The average Bonchev–Trinajstić information content (AvgIpc) is 3.04. The molecule has 9 nitrogen and oxygen atoms in total. The first kappa shape index (κ1) is 24.1. The lowest BCUT2D eigenvalue weighted by molar-refractivity contribution is 0.161. The Balaban J connectivity index is 0.00000364. The summed E-state index contributed by atoms with van der Waals surface area (Å²) in [6, 6.07) is 0.301. The minimum absolute atomic E-state index is 0. The van der Waals surface area contributed by atoms with E-state index in [4.69, 9.17) is 9.47 Å². The number of aliphatic imine (C=N–C) groups is 1. The molecule has 2 N–H and O–H groups in total. The van der Waals surface area contributed by atoms with Crippen molar-refractivity contribution in [3.63, 3.8) is 0 Å². The van der Waals surface area contributed by atoms with Crippen molar-refractivity contribution >= 4 is 29.9 Å². The first-order valence-corrected chi connectivity index (χ1v) is 9.22. The predicted molar refractivity (Wildman–Crippen MR) is 117 cm³/mol. The zero-order valence-electron chi connectivity index (χ0n) is 16.9. The molecule has 1 atom stereocenters. The third kappa shape index (κ3) is 8.28. The van der Waals surface area contributed by atoms with Crippen LogP contribution in [0, 0.1) is 0 Å². The highest BCUT2D eigenvalue weighted by atomic mass is 127. The number of nitrogens with zero attached hydrogens (tertiary/aromatic N) is 5. The number of methoxy groups -OCH3 is 2. The number of aryl methyl sites for hydroxylation is 1. The lowest BCUT2D eigenvalue weighted by Crippen LogP contribution is -2.47. The third-order valence-corrected chi connectivity index (χ3v) is 4.43. The Morgan fingerprint density at radius 2 is 2.15 bits per heavy atom. The van der Waals surface area contributed by atoms with Gasteiger partial charge in [0, 0.05) is 46.8 Å². The van der Waals surface area contributed by atoms with Gasteiger partial charge >= 0.3 is 0 Å². The fourth-order valence-corrected chi connectivity index (χ4v) is 2.97. The molecular weight excluding hydrogens is 461 g/mol. The van der Waals surface area contributed by atoms with Crippen molar-refractivity contribution < 1.29 is 9.47 Å². The highest BCUT2D eigenvalue weighted by Crippen LogP contribution is 2.13. The number of ether oxygens (including phenoxy) is 2. The number of nitrogens with one attached hydrogen (secondary N) is 2. The van der Waals surface area contributed by atoms with Crippen LogP contribution in [-0.4, -0.2) is 86.2 Å².